The average Bonchev–Trinajstić information content (AvgIpc) is 2.87. The van der Waals surface area contributed by atoms with Gasteiger partial charge in [0.25, 0.3) is 0 Å². The third-order valence-electron chi connectivity index (χ3n) is 3.79. The van der Waals surface area contributed by atoms with Crippen LogP contribution in [0, 0.1) is 23.2 Å². The first kappa shape index (κ1) is 13.5. The Balaban J connectivity index is 1.75. The van der Waals surface area contributed by atoms with Crippen molar-refractivity contribution in [2.45, 2.75) is 32.2 Å². The lowest BCUT2D eigenvalue weighted by molar-refractivity contribution is 0.133. The van der Waals surface area contributed by atoms with E-state index in [-0.39, 0.29) is 0 Å². The number of nitrogens with zero attached hydrogens (tertiary/aromatic N) is 1. The van der Waals surface area contributed by atoms with Crippen LogP contribution in [0.3, 0.4) is 0 Å². The first-order valence-corrected chi connectivity index (χ1v) is 7.50. The van der Waals surface area contributed by atoms with Gasteiger partial charge in [0.15, 0.2) is 0 Å². The Morgan fingerprint density at radius 1 is 1.39 bits per heavy atom. The largest absolute Gasteiger partial charge is 0.396 e. The molecule has 2 rings (SSSR count). The molecule has 1 aromatic heterocycles. The van der Waals surface area contributed by atoms with Crippen LogP contribution in [0.1, 0.15) is 36.1 Å². The van der Waals surface area contributed by atoms with E-state index in [4.69, 9.17) is 5.26 Å². The van der Waals surface area contributed by atoms with Crippen LogP contribution in [-0.2, 0) is 6.54 Å². The molecule has 0 bridgehead atoms. The van der Waals surface area contributed by atoms with Crippen molar-refractivity contribution in [2.75, 3.05) is 13.2 Å². The molecule has 0 aromatic carbocycles. The number of hydrogen-bond acceptors (Lipinski definition) is 4. The minimum absolute atomic E-state index is 0.323. The van der Waals surface area contributed by atoms with E-state index in [0.29, 0.717) is 18.4 Å². The molecule has 1 aliphatic carbocycles. The molecule has 1 aliphatic rings. The molecule has 1 heterocycles. The van der Waals surface area contributed by atoms with Crippen LogP contribution in [0.5, 0.6) is 0 Å². The van der Waals surface area contributed by atoms with Gasteiger partial charge in [-0.05, 0) is 37.3 Å². The van der Waals surface area contributed by atoms with Gasteiger partial charge >= 0.3 is 0 Å². The van der Waals surface area contributed by atoms with Crippen LogP contribution < -0.4 is 5.32 Å². The Hall–Kier alpha value is -0.890. The summed E-state index contributed by atoms with van der Waals surface area (Å²) in [5, 5.41) is 23.5. The summed E-state index contributed by atoms with van der Waals surface area (Å²) in [7, 11) is 0. The van der Waals surface area contributed by atoms with Gasteiger partial charge in [0.1, 0.15) is 6.07 Å². The third-order valence-corrected chi connectivity index (χ3v) is 4.73. The summed E-state index contributed by atoms with van der Waals surface area (Å²) in [4.78, 5) is 1.21. The number of hydrogen-bond donors (Lipinski definition) is 2. The van der Waals surface area contributed by atoms with Crippen molar-refractivity contribution in [3.05, 3.63) is 21.9 Å². The summed E-state index contributed by atoms with van der Waals surface area (Å²) in [6, 6.07) is 4.10. The zero-order chi connectivity index (χ0) is 12.8. The van der Waals surface area contributed by atoms with E-state index in [1.165, 1.54) is 30.6 Å². The number of aliphatic hydroxyl groups excluding tert-OH is 1. The Labute approximate surface area is 112 Å². The van der Waals surface area contributed by atoms with Crippen molar-refractivity contribution in [3.63, 3.8) is 0 Å². The highest BCUT2D eigenvalue weighted by Gasteiger charge is 2.23. The summed E-state index contributed by atoms with van der Waals surface area (Å²) in [5.41, 5.74) is 0.753. The van der Waals surface area contributed by atoms with Crippen LogP contribution in [0.15, 0.2) is 11.4 Å². The molecule has 0 amide bonds. The molecule has 1 aromatic rings. The van der Waals surface area contributed by atoms with Crippen molar-refractivity contribution in [3.8, 4) is 6.07 Å². The normalized spacial score (nSPS) is 23.8. The number of thiophene rings is 1. The zero-order valence-electron chi connectivity index (χ0n) is 10.6. The molecule has 3 nitrogen and oxygen atoms in total. The Morgan fingerprint density at radius 2 is 2.17 bits per heavy atom. The van der Waals surface area contributed by atoms with Gasteiger partial charge in [-0.2, -0.15) is 5.26 Å². The highest BCUT2D eigenvalue weighted by Crippen LogP contribution is 2.29. The summed E-state index contributed by atoms with van der Waals surface area (Å²) in [5.74, 6) is 1.09. The van der Waals surface area contributed by atoms with Gasteiger partial charge in [-0.25, -0.2) is 0 Å². The van der Waals surface area contributed by atoms with E-state index in [0.717, 1.165) is 18.7 Å². The Morgan fingerprint density at radius 3 is 2.83 bits per heavy atom. The van der Waals surface area contributed by atoms with Gasteiger partial charge < -0.3 is 10.4 Å². The monoisotopic (exact) mass is 264 g/mol. The average molecular weight is 264 g/mol. The molecule has 1 fully saturated rings. The summed E-state index contributed by atoms with van der Waals surface area (Å²) in [6.07, 6.45) is 4.95. The van der Waals surface area contributed by atoms with Crippen LogP contribution >= 0.6 is 11.3 Å². The van der Waals surface area contributed by atoms with Gasteiger partial charge in [0.2, 0.25) is 0 Å². The summed E-state index contributed by atoms with van der Waals surface area (Å²) < 4.78 is 0. The van der Waals surface area contributed by atoms with E-state index < -0.39 is 0 Å². The van der Waals surface area contributed by atoms with Crippen molar-refractivity contribution in [1.82, 2.24) is 5.32 Å². The van der Waals surface area contributed by atoms with Crippen molar-refractivity contribution < 1.29 is 5.11 Å². The van der Waals surface area contributed by atoms with Crippen LogP contribution in [0.2, 0.25) is 0 Å². The Bertz CT molecular complexity index is 410. The van der Waals surface area contributed by atoms with E-state index in [9.17, 15) is 5.11 Å². The molecular weight excluding hydrogens is 244 g/mol. The molecule has 0 radical (unpaired) electrons. The predicted molar refractivity (Wildman–Crippen MR) is 73.3 cm³/mol. The standard InChI is InChI=1S/C14H20N2OS/c15-6-11-5-14(18-10-11)8-16-7-12-3-1-2-4-13(12)9-17/h5,10,12-13,16-17H,1-4,7-9H2. The highest BCUT2D eigenvalue weighted by molar-refractivity contribution is 7.10. The minimum atomic E-state index is 0.323. The van der Waals surface area contributed by atoms with Gasteiger partial charge in [0.05, 0.1) is 5.56 Å². The molecule has 2 N–H and O–H groups in total. The third kappa shape index (κ3) is 3.55. The van der Waals surface area contributed by atoms with Gasteiger partial charge in [-0.15, -0.1) is 11.3 Å². The highest BCUT2D eigenvalue weighted by atomic mass is 32.1. The fourth-order valence-electron chi connectivity index (χ4n) is 2.71. The molecule has 1 saturated carbocycles. The SMILES string of the molecule is N#Cc1csc(CNCC2CCCCC2CO)c1. The lowest BCUT2D eigenvalue weighted by Gasteiger charge is -2.30. The van der Waals surface area contributed by atoms with Crippen LogP contribution in [-0.4, -0.2) is 18.3 Å². The number of nitriles is 1. The topological polar surface area (TPSA) is 56.0 Å². The molecule has 0 spiro atoms. The Kier molecular flexibility index (Phi) is 5.18. The molecule has 2 atom stereocenters. The van der Waals surface area contributed by atoms with E-state index >= 15 is 0 Å². The van der Waals surface area contributed by atoms with Crippen LogP contribution in [0.4, 0.5) is 0 Å². The maximum atomic E-state index is 9.35. The maximum Gasteiger partial charge on any atom is 0.100 e. The van der Waals surface area contributed by atoms with Gasteiger partial charge in [0, 0.05) is 23.4 Å². The predicted octanol–water partition coefficient (Wildman–Crippen LogP) is 2.51. The molecule has 0 aliphatic heterocycles. The number of aliphatic hydroxyl groups is 1. The quantitative estimate of drug-likeness (QED) is 0.859. The van der Waals surface area contributed by atoms with Gasteiger partial charge in [-0.1, -0.05) is 12.8 Å². The fourth-order valence-corrected chi connectivity index (χ4v) is 3.49. The second kappa shape index (κ2) is 6.89. The van der Waals surface area contributed by atoms with Crippen LogP contribution in [0.25, 0.3) is 0 Å². The number of rotatable bonds is 5. The molecular formula is C14H20N2OS. The van der Waals surface area contributed by atoms with Crippen molar-refractivity contribution in [2.24, 2.45) is 11.8 Å². The first-order valence-electron chi connectivity index (χ1n) is 6.62. The maximum absolute atomic E-state index is 9.35. The number of nitrogens with one attached hydrogen (secondary N) is 1. The van der Waals surface area contributed by atoms with Crippen molar-refractivity contribution >= 4 is 11.3 Å². The van der Waals surface area contributed by atoms with E-state index in [1.54, 1.807) is 11.3 Å². The smallest absolute Gasteiger partial charge is 0.100 e. The van der Waals surface area contributed by atoms with Crippen molar-refractivity contribution in [1.29, 1.82) is 5.26 Å². The lowest BCUT2D eigenvalue weighted by Crippen LogP contribution is -2.32. The summed E-state index contributed by atoms with van der Waals surface area (Å²) >= 11 is 1.63. The molecule has 18 heavy (non-hydrogen) atoms. The first-order chi connectivity index (χ1) is 8.83. The fraction of sp³-hybridized carbons (Fsp3) is 0.643. The molecule has 2 unspecified atom stereocenters. The minimum Gasteiger partial charge on any atom is -0.396 e. The second-order valence-corrected chi connectivity index (χ2v) is 6.03. The molecule has 0 saturated heterocycles. The molecule has 4 heteroatoms. The summed E-state index contributed by atoms with van der Waals surface area (Å²) in [6.45, 7) is 2.13. The zero-order valence-corrected chi connectivity index (χ0v) is 11.4. The van der Waals surface area contributed by atoms with Gasteiger partial charge in [-0.3, -0.25) is 0 Å². The van der Waals surface area contributed by atoms with E-state index in [2.05, 4.69) is 11.4 Å². The lowest BCUT2D eigenvalue weighted by atomic mass is 9.79. The second-order valence-electron chi connectivity index (χ2n) is 5.03. The van der Waals surface area contributed by atoms with E-state index in [1.807, 2.05) is 11.4 Å². The molecule has 98 valence electrons.